The molecule has 0 amide bonds. The maximum atomic E-state index is 12.6. The molecular weight excluding hydrogens is 327 g/mol. The number of benzene rings is 2. The average Bonchev–Trinajstić information content (AvgIpc) is 2.62. The summed E-state index contributed by atoms with van der Waals surface area (Å²) in [5, 5.41) is 0. The Bertz CT molecular complexity index is 871. The van der Waals surface area contributed by atoms with E-state index < -0.39 is 11.7 Å². The maximum absolute atomic E-state index is 12.6. The molecule has 2 aromatic carbocycles. The van der Waals surface area contributed by atoms with Gasteiger partial charge in [0.1, 0.15) is 0 Å². The van der Waals surface area contributed by atoms with E-state index in [9.17, 15) is 18.0 Å². The van der Waals surface area contributed by atoms with Gasteiger partial charge in [0.25, 0.3) is 0 Å². The number of halogens is 3. The molecule has 0 spiro atoms. The van der Waals surface area contributed by atoms with E-state index in [-0.39, 0.29) is 12.2 Å². The van der Waals surface area contributed by atoms with Crippen molar-refractivity contribution in [2.24, 2.45) is 0 Å². The van der Waals surface area contributed by atoms with Crippen molar-refractivity contribution >= 4 is 5.78 Å². The molecule has 3 aromatic rings. The third-order valence-corrected chi connectivity index (χ3v) is 3.80. The highest BCUT2D eigenvalue weighted by molar-refractivity contribution is 5.97. The number of hydrogen-bond donors (Lipinski definition) is 0. The Morgan fingerprint density at radius 2 is 1.56 bits per heavy atom. The predicted molar refractivity (Wildman–Crippen MR) is 89.2 cm³/mol. The summed E-state index contributed by atoms with van der Waals surface area (Å²) >= 11 is 0. The zero-order valence-electron chi connectivity index (χ0n) is 13.1. The minimum Gasteiger partial charge on any atom is -0.294 e. The number of carbonyl (C=O) groups excluding carboxylic acids is 1. The van der Waals surface area contributed by atoms with Crippen molar-refractivity contribution in [3.8, 4) is 11.1 Å². The fraction of sp³-hybridized carbons (Fsp3) is 0.100. The fourth-order valence-electron chi connectivity index (χ4n) is 2.51. The van der Waals surface area contributed by atoms with Crippen molar-refractivity contribution in [2.75, 3.05) is 0 Å². The second-order valence-electron chi connectivity index (χ2n) is 5.62. The predicted octanol–water partition coefficient (Wildman–Crippen LogP) is 5.19. The first kappa shape index (κ1) is 16.9. The van der Waals surface area contributed by atoms with E-state index >= 15 is 0 Å². The van der Waals surface area contributed by atoms with Crippen LogP contribution in [0.25, 0.3) is 11.1 Å². The van der Waals surface area contributed by atoms with Crippen molar-refractivity contribution in [3.63, 3.8) is 0 Å². The molecule has 0 saturated carbocycles. The van der Waals surface area contributed by atoms with Crippen LogP contribution in [0.4, 0.5) is 13.2 Å². The zero-order chi connectivity index (χ0) is 17.9. The summed E-state index contributed by atoms with van der Waals surface area (Å²) < 4.78 is 37.9. The van der Waals surface area contributed by atoms with E-state index in [1.165, 1.54) is 12.1 Å². The van der Waals surface area contributed by atoms with Crippen molar-refractivity contribution in [1.82, 2.24) is 4.98 Å². The first-order valence-corrected chi connectivity index (χ1v) is 7.63. The van der Waals surface area contributed by atoms with Crippen LogP contribution in [0.5, 0.6) is 0 Å². The summed E-state index contributed by atoms with van der Waals surface area (Å²) in [7, 11) is 0. The second-order valence-corrected chi connectivity index (χ2v) is 5.62. The van der Waals surface area contributed by atoms with Gasteiger partial charge in [-0.3, -0.25) is 9.78 Å². The van der Waals surface area contributed by atoms with Crippen LogP contribution in [0.2, 0.25) is 0 Å². The van der Waals surface area contributed by atoms with Crippen LogP contribution in [0, 0.1) is 0 Å². The van der Waals surface area contributed by atoms with Gasteiger partial charge in [-0.1, -0.05) is 42.5 Å². The quantitative estimate of drug-likeness (QED) is 0.611. The molecule has 1 heterocycles. The summed E-state index contributed by atoms with van der Waals surface area (Å²) in [5.41, 5.74) is 1.93. The maximum Gasteiger partial charge on any atom is 0.416 e. The largest absolute Gasteiger partial charge is 0.416 e. The van der Waals surface area contributed by atoms with Gasteiger partial charge in [0.2, 0.25) is 0 Å². The van der Waals surface area contributed by atoms with Crippen LogP contribution in [-0.2, 0) is 12.6 Å². The molecule has 0 aliphatic heterocycles. The highest BCUT2D eigenvalue weighted by Gasteiger charge is 2.29. The molecule has 0 aliphatic rings. The molecular formula is C20H14F3NO. The molecule has 126 valence electrons. The molecule has 2 nitrogen and oxygen atoms in total. The fourth-order valence-corrected chi connectivity index (χ4v) is 2.51. The summed E-state index contributed by atoms with van der Waals surface area (Å²) in [6, 6.07) is 15.6. The summed E-state index contributed by atoms with van der Waals surface area (Å²) in [6.45, 7) is 0. The van der Waals surface area contributed by atoms with Gasteiger partial charge < -0.3 is 0 Å². The molecule has 0 bridgehead atoms. The van der Waals surface area contributed by atoms with E-state index in [4.69, 9.17) is 0 Å². The van der Waals surface area contributed by atoms with E-state index in [1.807, 2.05) is 6.07 Å². The number of carbonyl (C=O) groups is 1. The van der Waals surface area contributed by atoms with Crippen LogP contribution in [0.15, 0.2) is 73.1 Å². The van der Waals surface area contributed by atoms with Crippen molar-refractivity contribution < 1.29 is 18.0 Å². The lowest BCUT2D eigenvalue weighted by molar-refractivity contribution is -0.137. The lowest BCUT2D eigenvalue weighted by Crippen LogP contribution is -2.04. The van der Waals surface area contributed by atoms with Crippen molar-refractivity contribution in [1.29, 1.82) is 0 Å². The number of nitrogens with zero attached hydrogens (tertiary/aromatic N) is 1. The Morgan fingerprint density at radius 1 is 0.880 bits per heavy atom. The van der Waals surface area contributed by atoms with Gasteiger partial charge in [-0.05, 0) is 29.3 Å². The molecule has 3 rings (SSSR count). The third-order valence-electron chi connectivity index (χ3n) is 3.80. The highest BCUT2D eigenvalue weighted by atomic mass is 19.4. The molecule has 0 atom stereocenters. The molecule has 0 unspecified atom stereocenters. The third kappa shape index (κ3) is 4.12. The van der Waals surface area contributed by atoms with Crippen LogP contribution >= 0.6 is 0 Å². The van der Waals surface area contributed by atoms with Gasteiger partial charge in [-0.2, -0.15) is 13.2 Å². The number of aromatic nitrogens is 1. The summed E-state index contributed by atoms with van der Waals surface area (Å²) in [4.78, 5) is 16.4. The van der Waals surface area contributed by atoms with Crippen molar-refractivity contribution in [2.45, 2.75) is 12.6 Å². The average molecular weight is 341 g/mol. The van der Waals surface area contributed by atoms with Gasteiger partial charge >= 0.3 is 6.18 Å². The minimum absolute atomic E-state index is 0.0352. The number of alkyl halides is 3. The van der Waals surface area contributed by atoms with Crippen LogP contribution in [-0.4, -0.2) is 10.8 Å². The van der Waals surface area contributed by atoms with Crippen LogP contribution in [0.1, 0.15) is 21.5 Å². The molecule has 0 aliphatic carbocycles. The first-order valence-electron chi connectivity index (χ1n) is 7.63. The standard InChI is InChI=1S/C20H14F3NO/c21-20(22,23)18-8-6-15(7-9-18)17-10-14(12-24-13-17)11-19(25)16-4-2-1-3-5-16/h1-10,12-13H,11H2. The zero-order valence-corrected chi connectivity index (χ0v) is 13.1. The van der Waals surface area contributed by atoms with E-state index in [0.29, 0.717) is 22.3 Å². The lowest BCUT2D eigenvalue weighted by atomic mass is 10.0. The number of hydrogen-bond acceptors (Lipinski definition) is 2. The Labute approximate surface area is 143 Å². The number of pyridine rings is 1. The Balaban J connectivity index is 1.81. The summed E-state index contributed by atoms with van der Waals surface area (Å²) in [5.74, 6) is -0.0352. The number of rotatable bonds is 4. The number of Topliss-reactive ketones (excluding diaryl/α,β-unsaturated/α-hetero) is 1. The molecule has 25 heavy (non-hydrogen) atoms. The molecule has 0 saturated heterocycles. The first-order chi connectivity index (χ1) is 11.9. The Hall–Kier alpha value is -2.95. The van der Waals surface area contributed by atoms with Gasteiger partial charge in [-0.15, -0.1) is 0 Å². The van der Waals surface area contributed by atoms with Crippen LogP contribution < -0.4 is 0 Å². The van der Waals surface area contributed by atoms with Gasteiger partial charge in [0.05, 0.1) is 5.56 Å². The Morgan fingerprint density at radius 3 is 2.20 bits per heavy atom. The highest BCUT2D eigenvalue weighted by Crippen LogP contribution is 2.31. The smallest absolute Gasteiger partial charge is 0.294 e. The lowest BCUT2D eigenvalue weighted by Gasteiger charge is -2.08. The normalized spacial score (nSPS) is 11.3. The molecule has 1 aromatic heterocycles. The van der Waals surface area contributed by atoms with Gasteiger partial charge in [0, 0.05) is 29.9 Å². The van der Waals surface area contributed by atoms with Gasteiger partial charge in [-0.25, -0.2) is 0 Å². The van der Waals surface area contributed by atoms with Gasteiger partial charge in [0.15, 0.2) is 5.78 Å². The molecule has 5 heteroatoms. The van der Waals surface area contributed by atoms with E-state index in [0.717, 1.165) is 12.1 Å². The van der Waals surface area contributed by atoms with Crippen LogP contribution in [0.3, 0.4) is 0 Å². The minimum atomic E-state index is -4.36. The topological polar surface area (TPSA) is 30.0 Å². The van der Waals surface area contributed by atoms with E-state index in [1.54, 1.807) is 42.7 Å². The monoisotopic (exact) mass is 341 g/mol. The number of ketones is 1. The van der Waals surface area contributed by atoms with Crippen molar-refractivity contribution in [3.05, 3.63) is 89.7 Å². The molecule has 0 radical (unpaired) electrons. The SMILES string of the molecule is O=C(Cc1cncc(-c2ccc(C(F)(F)F)cc2)c1)c1ccccc1. The second kappa shape index (κ2) is 6.89. The summed E-state index contributed by atoms with van der Waals surface area (Å²) in [6.07, 6.45) is -1.01. The van der Waals surface area contributed by atoms with E-state index in [2.05, 4.69) is 4.98 Å². The Kier molecular flexibility index (Phi) is 4.65. The molecule has 0 N–H and O–H groups in total. The molecule has 0 fully saturated rings.